The standard InChI is InChI=1S/C7H12.C4H8O3/c1-3-5-7-6-4-2;1-3(2)7-4(5)6/h1H,4-7H2,2H3;3H,1-2H3,(H,5,6). The maximum atomic E-state index is 9.59. The van der Waals surface area contributed by atoms with Gasteiger partial charge in [-0.15, -0.1) is 12.3 Å². The quantitative estimate of drug-likeness (QED) is 0.430. The van der Waals surface area contributed by atoms with Gasteiger partial charge in [-0.25, -0.2) is 4.79 Å². The summed E-state index contributed by atoms with van der Waals surface area (Å²) in [7, 11) is 0. The molecule has 3 heteroatoms. The van der Waals surface area contributed by atoms with E-state index < -0.39 is 6.16 Å². The maximum absolute atomic E-state index is 9.59. The summed E-state index contributed by atoms with van der Waals surface area (Å²) < 4.78 is 4.17. The van der Waals surface area contributed by atoms with E-state index in [0.717, 1.165) is 6.42 Å². The van der Waals surface area contributed by atoms with Gasteiger partial charge in [-0.3, -0.25) is 0 Å². The number of terminal acetylenes is 1. The van der Waals surface area contributed by atoms with Gasteiger partial charge in [-0.2, -0.15) is 0 Å². The maximum Gasteiger partial charge on any atom is 0.506 e. The minimum Gasteiger partial charge on any atom is -0.450 e. The first-order chi connectivity index (χ1) is 6.54. The van der Waals surface area contributed by atoms with Gasteiger partial charge in [0.2, 0.25) is 0 Å². The van der Waals surface area contributed by atoms with Crippen molar-refractivity contribution in [2.45, 2.75) is 52.6 Å². The monoisotopic (exact) mass is 200 g/mol. The van der Waals surface area contributed by atoms with Crippen LogP contribution in [0.25, 0.3) is 0 Å². The Balaban J connectivity index is 0. The fourth-order valence-electron chi connectivity index (χ4n) is 0.679. The summed E-state index contributed by atoms with van der Waals surface area (Å²) in [6.07, 6.45) is 8.28. The van der Waals surface area contributed by atoms with E-state index in [2.05, 4.69) is 17.6 Å². The van der Waals surface area contributed by atoms with Gasteiger partial charge in [0.05, 0.1) is 6.10 Å². The van der Waals surface area contributed by atoms with E-state index in [1.54, 1.807) is 13.8 Å². The third-order valence-corrected chi connectivity index (χ3v) is 1.26. The fraction of sp³-hybridized carbons (Fsp3) is 0.727. The number of hydrogen-bond donors (Lipinski definition) is 1. The highest BCUT2D eigenvalue weighted by Crippen LogP contribution is 1.95. The predicted octanol–water partition coefficient (Wildman–Crippen LogP) is 3.29. The van der Waals surface area contributed by atoms with E-state index in [0.29, 0.717) is 0 Å². The largest absolute Gasteiger partial charge is 0.506 e. The fourth-order valence-corrected chi connectivity index (χ4v) is 0.679. The van der Waals surface area contributed by atoms with Crippen LogP contribution in [0.3, 0.4) is 0 Å². The average Bonchev–Trinajstić information content (AvgIpc) is 2.04. The molecule has 0 aromatic rings. The molecule has 0 fully saturated rings. The molecule has 0 saturated carbocycles. The Bertz CT molecular complexity index is 168. The van der Waals surface area contributed by atoms with Gasteiger partial charge in [0.1, 0.15) is 0 Å². The molecule has 0 radical (unpaired) electrons. The summed E-state index contributed by atoms with van der Waals surface area (Å²) in [6.45, 7) is 5.50. The molecule has 0 amide bonds. The van der Waals surface area contributed by atoms with Gasteiger partial charge >= 0.3 is 6.16 Å². The van der Waals surface area contributed by atoms with Crippen LogP contribution < -0.4 is 0 Å². The number of carboxylic acid groups (broad SMARTS) is 1. The third kappa shape index (κ3) is 22.4. The summed E-state index contributed by atoms with van der Waals surface area (Å²) in [5.41, 5.74) is 0. The lowest BCUT2D eigenvalue weighted by Crippen LogP contribution is -2.07. The van der Waals surface area contributed by atoms with Crippen molar-refractivity contribution in [3.63, 3.8) is 0 Å². The zero-order chi connectivity index (χ0) is 11.4. The first kappa shape index (κ1) is 15.3. The second-order valence-electron chi connectivity index (χ2n) is 3.09. The van der Waals surface area contributed by atoms with Crippen LogP contribution in [0.2, 0.25) is 0 Å². The summed E-state index contributed by atoms with van der Waals surface area (Å²) in [6, 6.07) is 0. The van der Waals surface area contributed by atoms with Crippen molar-refractivity contribution in [3.05, 3.63) is 0 Å². The molecule has 1 N–H and O–H groups in total. The lowest BCUT2D eigenvalue weighted by atomic mass is 10.2. The molecule has 82 valence electrons. The molecule has 0 aliphatic rings. The van der Waals surface area contributed by atoms with E-state index in [4.69, 9.17) is 11.5 Å². The SMILES string of the molecule is C#CCCCCC.CC(C)OC(=O)O. The molecule has 0 unspecified atom stereocenters. The first-order valence-electron chi connectivity index (χ1n) is 4.87. The number of ether oxygens (including phenoxy) is 1. The highest BCUT2D eigenvalue weighted by Gasteiger charge is 1.97. The lowest BCUT2D eigenvalue weighted by molar-refractivity contribution is 0.0660. The highest BCUT2D eigenvalue weighted by molar-refractivity contribution is 5.56. The van der Waals surface area contributed by atoms with Crippen LogP contribution in [0.5, 0.6) is 0 Å². The van der Waals surface area contributed by atoms with E-state index in [1.807, 2.05) is 0 Å². The molecule has 0 spiro atoms. The second-order valence-corrected chi connectivity index (χ2v) is 3.09. The van der Waals surface area contributed by atoms with E-state index in [1.165, 1.54) is 19.3 Å². The molecule has 0 aromatic carbocycles. The van der Waals surface area contributed by atoms with E-state index in [9.17, 15) is 4.79 Å². The van der Waals surface area contributed by atoms with Crippen LogP contribution in [-0.2, 0) is 4.74 Å². The van der Waals surface area contributed by atoms with E-state index >= 15 is 0 Å². The Morgan fingerprint density at radius 3 is 2.29 bits per heavy atom. The second kappa shape index (κ2) is 11.8. The molecule has 0 aliphatic carbocycles. The molecule has 0 aliphatic heterocycles. The third-order valence-electron chi connectivity index (χ3n) is 1.26. The van der Waals surface area contributed by atoms with Crippen LogP contribution in [0.4, 0.5) is 4.79 Å². The summed E-state index contributed by atoms with van der Waals surface area (Å²) in [4.78, 5) is 9.59. The molecule has 0 aromatic heterocycles. The van der Waals surface area contributed by atoms with Crippen LogP contribution >= 0.6 is 0 Å². The van der Waals surface area contributed by atoms with Gasteiger partial charge in [0, 0.05) is 6.42 Å². The van der Waals surface area contributed by atoms with Crippen LogP contribution in [0, 0.1) is 12.3 Å². The molecule has 0 saturated heterocycles. The lowest BCUT2D eigenvalue weighted by Gasteiger charge is -1.99. The number of hydrogen-bond acceptors (Lipinski definition) is 2. The number of rotatable bonds is 4. The van der Waals surface area contributed by atoms with Crippen molar-refractivity contribution in [2.75, 3.05) is 0 Å². The normalized spacial score (nSPS) is 8.50. The molecule has 0 bridgehead atoms. The van der Waals surface area contributed by atoms with Crippen molar-refractivity contribution >= 4 is 6.16 Å². The van der Waals surface area contributed by atoms with Crippen LogP contribution in [0.15, 0.2) is 0 Å². The Kier molecular flexibility index (Phi) is 12.9. The average molecular weight is 200 g/mol. The molecule has 0 rings (SSSR count). The minimum atomic E-state index is -1.21. The Labute approximate surface area is 86.5 Å². The summed E-state index contributed by atoms with van der Waals surface area (Å²) in [5.74, 6) is 2.60. The zero-order valence-electron chi connectivity index (χ0n) is 9.25. The van der Waals surface area contributed by atoms with Crippen molar-refractivity contribution in [2.24, 2.45) is 0 Å². The van der Waals surface area contributed by atoms with E-state index in [-0.39, 0.29) is 6.10 Å². The van der Waals surface area contributed by atoms with Crippen LogP contribution in [0.1, 0.15) is 46.5 Å². The molecular formula is C11H20O3. The summed E-state index contributed by atoms with van der Waals surface area (Å²) in [5, 5.41) is 7.86. The minimum absolute atomic E-state index is 0.225. The zero-order valence-corrected chi connectivity index (χ0v) is 9.25. The van der Waals surface area contributed by atoms with Crippen molar-refractivity contribution in [1.29, 1.82) is 0 Å². The van der Waals surface area contributed by atoms with Crippen molar-refractivity contribution in [1.82, 2.24) is 0 Å². The molecule has 0 heterocycles. The number of unbranched alkanes of at least 4 members (excludes halogenated alkanes) is 3. The number of carbonyl (C=O) groups is 1. The Hall–Kier alpha value is -1.17. The molecule has 14 heavy (non-hydrogen) atoms. The van der Waals surface area contributed by atoms with Gasteiger partial charge in [-0.1, -0.05) is 19.8 Å². The van der Waals surface area contributed by atoms with Crippen molar-refractivity contribution < 1.29 is 14.6 Å². The van der Waals surface area contributed by atoms with Crippen molar-refractivity contribution in [3.8, 4) is 12.3 Å². The molecule has 0 atom stereocenters. The van der Waals surface area contributed by atoms with Gasteiger partial charge in [-0.05, 0) is 20.3 Å². The Morgan fingerprint density at radius 1 is 1.50 bits per heavy atom. The first-order valence-corrected chi connectivity index (χ1v) is 4.87. The van der Waals surface area contributed by atoms with Gasteiger partial charge in [0.25, 0.3) is 0 Å². The van der Waals surface area contributed by atoms with Gasteiger partial charge in [0.15, 0.2) is 0 Å². The highest BCUT2D eigenvalue weighted by atomic mass is 16.7. The molecule has 3 nitrogen and oxygen atoms in total. The topological polar surface area (TPSA) is 46.5 Å². The summed E-state index contributed by atoms with van der Waals surface area (Å²) >= 11 is 0. The van der Waals surface area contributed by atoms with Crippen LogP contribution in [-0.4, -0.2) is 17.4 Å². The molecular weight excluding hydrogens is 180 g/mol. The Morgan fingerprint density at radius 2 is 2.07 bits per heavy atom. The smallest absolute Gasteiger partial charge is 0.450 e. The van der Waals surface area contributed by atoms with Gasteiger partial charge < -0.3 is 9.84 Å². The predicted molar refractivity (Wildman–Crippen MR) is 57.2 cm³/mol.